The first-order chi connectivity index (χ1) is 4.31. The van der Waals surface area contributed by atoms with Crippen LogP contribution in [0.1, 0.15) is 6.92 Å². The molecule has 0 unspecified atom stereocenters. The minimum absolute atomic E-state index is 0.370. The van der Waals surface area contributed by atoms with Crippen molar-refractivity contribution in [2.75, 3.05) is 13.7 Å². The Kier molecular flexibility index (Phi) is 4.36. The van der Waals surface area contributed by atoms with Crippen LogP contribution in [0.5, 0.6) is 0 Å². The molecular formula is C5H9N2O2+. The second-order valence-corrected chi connectivity index (χ2v) is 1.20. The third-order valence-corrected chi connectivity index (χ3v) is 0.565. The van der Waals surface area contributed by atoms with Gasteiger partial charge in [-0.25, -0.2) is 4.79 Å². The smallest absolute Gasteiger partial charge is 0.418 e. The minimum atomic E-state index is -0.455. The van der Waals surface area contributed by atoms with E-state index in [1.54, 1.807) is 6.92 Å². The molecule has 0 aliphatic carbocycles. The van der Waals surface area contributed by atoms with Crippen molar-refractivity contribution in [3.05, 3.63) is 0 Å². The van der Waals surface area contributed by atoms with Crippen LogP contribution in [0, 0.1) is 0 Å². The molecule has 0 N–H and O–H groups in total. The molecule has 0 fully saturated rings. The maximum absolute atomic E-state index is 10.4. The summed E-state index contributed by atoms with van der Waals surface area (Å²) in [6.07, 6.45) is 1.03. The topological polar surface area (TPSA) is 52.8 Å². The first kappa shape index (κ1) is 7.85. The van der Waals surface area contributed by atoms with E-state index in [0.717, 1.165) is 6.21 Å². The Morgan fingerprint density at radius 2 is 2.56 bits per heavy atom. The van der Waals surface area contributed by atoms with Crippen LogP contribution in [-0.2, 0) is 9.53 Å². The molecule has 0 saturated heterocycles. The molecule has 0 bridgehead atoms. The highest BCUT2D eigenvalue weighted by molar-refractivity contribution is 6.20. The number of nitrogens with zero attached hydrogens (tertiary/aromatic N) is 2. The zero-order chi connectivity index (χ0) is 7.11. The molecule has 0 aliphatic heterocycles. The van der Waals surface area contributed by atoms with E-state index in [9.17, 15) is 4.79 Å². The summed E-state index contributed by atoms with van der Waals surface area (Å²) < 4.78 is 4.50. The molecule has 0 spiro atoms. The van der Waals surface area contributed by atoms with E-state index >= 15 is 0 Å². The lowest BCUT2D eigenvalue weighted by molar-refractivity contribution is -0.142. The average Bonchev–Trinajstić information content (AvgIpc) is 1.85. The zero-order valence-electron chi connectivity index (χ0n) is 5.50. The highest BCUT2D eigenvalue weighted by Crippen LogP contribution is 1.68. The molecule has 4 heteroatoms. The predicted octanol–water partition coefficient (Wildman–Crippen LogP) is -0.0895. The first-order valence-corrected chi connectivity index (χ1v) is 2.60. The molecule has 0 heterocycles. The van der Waals surface area contributed by atoms with Gasteiger partial charge in [0.1, 0.15) is 7.05 Å². The summed E-state index contributed by atoms with van der Waals surface area (Å²) in [5.74, 6) is -0.455. The van der Waals surface area contributed by atoms with E-state index in [4.69, 9.17) is 0 Å². The number of hydrogen-bond acceptors (Lipinski definition) is 3. The van der Waals surface area contributed by atoms with Gasteiger partial charge in [0.05, 0.1) is 16.5 Å². The lowest BCUT2D eigenvalue weighted by Gasteiger charge is -1.86. The molecule has 0 radical (unpaired) electrons. The van der Waals surface area contributed by atoms with Crippen LogP contribution < -0.4 is 0 Å². The lowest BCUT2D eigenvalue weighted by Crippen LogP contribution is -2.05. The highest BCUT2D eigenvalue weighted by Gasteiger charge is 2.00. The zero-order valence-corrected chi connectivity index (χ0v) is 5.50. The SMILES string of the molecule is CCOC(=O)C=[N+]=NC. The van der Waals surface area contributed by atoms with Gasteiger partial charge >= 0.3 is 12.2 Å². The second-order valence-electron chi connectivity index (χ2n) is 1.20. The summed E-state index contributed by atoms with van der Waals surface area (Å²) >= 11 is 0. The monoisotopic (exact) mass is 129 g/mol. The van der Waals surface area contributed by atoms with Crippen LogP contribution >= 0.6 is 0 Å². The summed E-state index contributed by atoms with van der Waals surface area (Å²) in [5, 5.41) is 3.33. The molecule has 0 amide bonds. The Balaban J connectivity index is 3.63. The fraction of sp³-hybridized carbons (Fsp3) is 0.600. The Hall–Kier alpha value is -1.15. The van der Waals surface area contributed by atoms with Gasteiger partial charge < -0.3 is 4.74 Å². The van der Waals surface area contributed by atoms with E-state index in [1.807, 2.05) is 0 Å². The van der Waals surface area contributed by atoms with Gasteiger partial charge in [-0.1, -0.05) is 0 Å². The summed E-state index contributed by atoms with van der Waals surface area (Å²) in [6, 6.07) is 0. The number of ether oxygens (including phenoxy) is 1. The lowest BCUT2D eigenvalue weighted by atomic mass is 10.7. The molecule has 9 heavy (non-hydrogen) atoms. The number of hydrogen-bond donors (Lipinski definition) is 0. The number of carbonyl (C=O) groups excluding carboxylic acids is 1. The van der Waals surface area contributed by atoms with Gasteiger partial charge in [-0.2, -0.15) is 0 Å². The van der Waals surface area contributed by atoms with Crippen LogP contribution in [0.3, 0.4) is 0 Å². The molecule has 0 aromatic heterocycles. The molecule has 0 aromatic carbocycles. The van der Waals surface area contributed by atoms with E-state index in [0.29, 0.717) is 6.61 Å². The minimum Gasteiger partial charge on any atom is -0.458 e. The predicted molar refractivity (Wildman–Crippen MR) is 31.3 cm³/mol. The molecule has 0 rings (SSSR count). The van der Waals surface area contributed by atoms with E-state index in [-0.39, 0.29) is 0 Å². The fourth-order valence-corrected chi connectivity index (χ4v) is 0.284. The normalized spacial score (nSPS) is 7.33. The van der Waals surface area contributed by atoms with Crippen LogP contribution in [0.4, 0.5) is 0 Å². The van der Waals surface area contributed by atoms with Gasteiger partial charge in [0.15, 0.2) is 0 Å². The Bertz CT molecular complexity index is 147. The summed E-state index contributed by atoms with van der Waals surface area (Å²) in [6.45, 7) is 2.10. The van der Waals surface area contributed by atoms with Gasteiger partial charge in [-0.15, -0.1) is 0 Å². The second kappa shape index (κ2) is 5.00. The van der Waals surface area contributed by atoms with Crippen molar-refractivity contribution in [1.82, 2.24) is 0 Å². The number of rotatable bonds is 2. The molecule has 0 aromatic rings. The largest absolute Gasteiger partial charge is 0.458 e. The molecule has 0 atom stereocenters. The van der Waals surface area contributed by atoms with Crippen molar-refractivity contribution >= 4 is 12.2 Å². The van der Waals surface area contributed by atoms with Crippen LogP contribution in [0.2, 0.25) is 0 Å². The first-order valence-electron chi connectivity index (χ1n) is 2.60. The molecule has 0 aliphatic rings. The van der Waals surface area contributed by atoms with Crippen LogP contribution in [-0.4, -0.2) is 30.6 Å². The highest BCUT2D eigenvalue weighted by atomic mass is 16.5. The van der Waals surface area contributed by atoms with Crippen LogP contribution in [0.15, 0.2) is 5.11 Å². The standard InChI is InChI=1S/C5H9N2O2/c1-3-9-5(8)4-7-6-2/h4H,3H2,1-2H3/q+1. The molecule has 50 valence electrons. The van der Waals surface area contributed by atoms with Crippen molar-refractivity contribution in [3.8, 4) is 0 Å². The van der Waals surface area contributed by atoms with E-state index < -0.39 is 5.97 Å². The van der Waals surface area contributed by atoms with Gasteiger partial charge in [0.2, 0.25) is 0 Å². The van der Waals surface area contributed by atoms with E-state index in [1.165, 1.54) is 7.05 Å². The van der Waals surface area contributed by atoms with Crippen molar-refractivity contribution < 1.29 is 14.3 Å². The third kappa shape index (κ3) is 4.71. The summed E-state index contributed by atoms with van der Waals surface area (Å²) in [5.41, 5.74) is 0. The Labute approximate surface area is 53.3 Å². The van der Waals surface area contributed by atoms with Gasteiger partial charge in [-0.05, 0) is 6.92 Å². The number of esters is 1. The fourth-order valence-electron chi connectivity index (χ4n) is 0.284. The van der Waals surface area contributed by atoms with Crippen molar-refractivity contribution in [2.24, 2.45) is 5.11 Å². The van der Waals surface area contributed by atoms with E-state index in [2.05, 4.69) is 14.6 Å². The quantitative estimate of drug-likeness (QED) is 0.226. The molecular weight excluding hydrogens is 120 g/mol. The maximum Gasteiger partial charge on any atom is 0.418 e. The van der Waals surface area contributed by atoms with Gasteiger partial charge in [-0.3, -0.25) is 0 Å². The van der Waals surface area contributed by atoms with Crippen molar-refractivity contribution in [2.45, 2.75) is 6.92 Å². The Morgan fingerprint density at radius 3 is 3.00 bits per heavy atom. The summed E-state index contributed by atoms with van der Waals surface area (Å²) in [7, 11) is 1.48. The number of carbonyl (C=O) groups is 1. The Morgan fingerprint density at radius 1 is 1.89 bits per heavy atom. The third-order valence-electron chi connectivity index (χ3n) is 0.565. The summed E-state index contributed by atoms with van der Waals surface area (Å²) in [4.78, 5) is 13.7. The molecule has 0 saturated carbocycles. The van der Waals surface area contributed by atoms with Crippen LogP contribution in [0.25, 0.3) is 0 Å². The van der Waals surface area contributed by atoms with Crippen molar-refractivity contribution in [1.29, 1.82) is 0 Å². The van der Waals surface area contributed by atoms with Crippen molar-refractivity contribution in [3.63, 3.8) is 0 Å². The average molecular weight is 129 g/mol. The van der Waals surface area contributed by atoms with Gasteiger partial charge in [0, 0.05) is 0 Å². The molecule has 4 nitrogen and oxygen atoms in total. The van der Waals surface area contributed by atoms with Gasteiger partial charge in [0.25, 0.3) is 0 Å². The maximum atomic E-state index is 10.4.